The first-order valence-electron chi connectivity index (χ1n) is 24.7. The molecule has 25 nitrogen and oxygen atoms in total. The van der Waals surface area contributed by atoms with Crippen molar-refractivity contribution in [2.24, 2.45) is 27.9 Å². The number of fused-ring (bicyclic) bond motifs is 1. The van der Waals surface area contributed by atoms with Gasteiger partial charge in [0.15, 0.2) is 5.96 Å². The lowest BCUT2D eigenvalue weighted by atomic mass is 10.0. The van der Waals surface area contributed by atoms with E-state index in [1.807, 2.05) is 31.2 Å². The summed E-state index contributed by atoms with van der Waals surface area (Å²) in [7, 11) is 0. The maximum atomic E-state index is 14.5. The maximum Gasteiger partial charge on any atom is 0.312 e. The molecule has 7 atom stereocenters. The Kier molecular flexibility index (Phi) is 23.6. The highest BCUT2D eigenvalue weighted by Crippen LogP contribution is 2.19. The van der Waals surface area contributed by atoms with Crippen molar-refractivity contribution in [3.8, 4) is 0 Å². The number of amides is 11. The van der Waals surface area contributed by atoms with Crippen LogP contribution in [-0.2, 0) is 56.0 Å². The monoisotopic (exact) mass is 1030 g/mol. The lowest BCUT2D eigenvalue weighted by Gasteiger charge is -2.28. The zero-order valence-corrected chi connectivity index (χ0v) is 41.8. The van der Waals surface area contributed by atoms with Gasteiger partial charge >= 0.3 is 6.03 Å². The largest absolute Gasteiger partial charge is 0.370 e. The lowest BCUT2D eigenvalue weighted by molar-refractivity contribution is -0.136. The van der Waals surface area contributed by atoms with Crippen molar-refractivity contribution in [2.75, 3.05) is 19.6 Å². The Labute approximate surface area is 428 Å². The number of urea groups is 1. The van der Waals surface area contributed by atoms with Crippen LogP contribution in [0.2, 0.25) is 0 Å². The minimum absolute atomic E-state index is 0.0119. The summed E-state index contributed by atoms with van der Waals surface area (Å²) in [6.07, 6.45) is 2.05. The number of unbranched alkanes of at least 4 members (excludes halogenated alkanes) is 1. The molecule has 0 saturated carbocycles. The van der Waals surface area contributed by atoms with Crippen LogP contribution in [0.3, 0.4) is 0 Å². The number of carbonyl (C=O) groups excluding carboxylic acids is 10. The van der Waals surface area contributed by atoms with E-state index in [1.54, 1.807) is 36.5 Å². The van der Waals surface area contributed by atoms with Gasteiger partial charge in [-0.3, -0.25) is 48.1 Å². The van der Waals surface area contributed by atoms with Gasteiger partial charge in [-0.15, -0.1) is 0 Å². The second-order valence-electron chi connectivity index (χ2n) is 18.0. The number of nitrogens with one attached hydrogen (secondary N) is 10. The highest BCUT2D eigenvalue weighted by Gasteiger charge is 2.35. The number of nitrogens with two attached hydrogens (primary N) is 4. The third-order valence-electron chi connectivity index (χ3n) is 12.1. The summed E-state index contributed by atoms with van der Waals surface area (Å²) in [6.45, 7) is 2.91. The van der Waals surface area contributed by atoms with Gasteiger partial charge < -0.3 is 75.8 Å². The second kappa shape index (κ2) is 29.9. The van der Waals surface area contributed by atoms with Crippen LogP contribution in [0.5, 0.6) is 0 Å². The summed E-state index contributed by atoms with van der Waals surface area (Å²) in [6, 6.07) is 5.62. The van der Waals surface area contributed by atoms with Crippen molar-refractivity contribution in [3.63, 3.8) is 0 Å². The molecule has 2 heterocycles. The smallest absolute Gasteiger partial charge is 0.312 e. The highest BCUT2D eigenvalue weighted by molar-refractivity contribution is 5.98. The molecule has 1 aliphatic rings. The van der Waals surface area contributed by atoms with Crippen LogP contribution < -0.4 is 70.8 Å². The van der Waals surface area contributed by atoms with Crippen LogP contribution in [0.1, 0.15) is 89.2 Å². The van der Waals surface area contributed by atoms with E-state index in [1.165, 1.54) is 6.92 Å². The molecule has 1 fully saturated rings. The maximum absolute atomic E-state index is 14.5. The Balaban J connectivity index is 1.76. The highest BCUT2D eigenvalue weighted by atomic mass is 16.2. The predicted octanol–water partition coefficient (Wildman–Crippen LogP) is -2.16. The SMILES string of the molecule is CCCC[C@H](NC(C)=O)C(=O)NC1CCC(=O)NCCC(C(=O)N[C@@H](Cc2c[nH]c3ccccc23)C(N)=O)NC(=O)[C@H](CCCN=C(N)N)NC(=O)[C@@H](Cc2ccccc2)NC(=O)[C@H](CCCNC(N)=O)NC1=O. The van der Waals surface area contributed by atoms with Crippen molar-refractivity contribution in [2.45, 2.75) is 133 Å². The first kappa shape index (κ1) is 58.3. The minimum atomic E-state index is -1.46. The van der Waals surface area contributed by atoms with E-state index in [2.05, 4.69) is 57.8 Å². The van der Waals surface area contributed by atoms with Crippen LogP contribution in [0, 0.1) is 0 Å². The molecule has 402 valence electrons. The van der Waals surface area contributed by atoms with E-state index in [-0.39, 0.29) is 89.8 Å². The molecular weight excluding hydrogens is 959 g/mol. The summed E-state index contributed by atoms with van der Waals surface area (Å²) in [5, 5.41) is 24.5. The number of aromatic amines is 1. The number of rotatable bonds is 21. The van der Waals surface area contributed by atoms with Gasteiger partial charge in [0, 0.05) is 62.9 Å². The molecule has 2 aromatic carbocycles. The number of para-hydroxylation sites is 1. The molecule has 2 unspecified atom stereocenters. The normalized spacial score (nSPS) is 20.0. The van der Waals surface area contributed by atoms with Crippen molar-refractivity contribution >= 4 is 76.1 Å². The summed E-state index contributed by atoms with van der Waals surface area (Å²) >= 11 is 0. The van der Waals surface area contributed by atoms with Crippen LogP contribution in [-0.4, -0.2) is 132 Å². The molecule has 4 rings (SSSR count). The van der Waals surface area contributed by atoms with Gasteiger partial charge in [-0.05, 0) is 62.1 Å². The van der Waals surface area contributed by atoms with Gasteiger partial charge in [-0.2, -0.15) is 0 Å². The van der Waals surface area contributed by atoms with E-state index < -0.39 is 101 Å². The number of benzene rings is 2. The van der Waals surface area contributed by atoms with Gasteiger partial charge in [-0.25, -0.2) is 4.79 Å². The van der Waals surface area contributed by atoms with E-state index >= 15 is 0 Å². The molecule has 11 amide bonds. The number of aromatic nitrogens is 1. The molecule has 18 N–H and O–H groups in total. The van der Waals surface area contributed by atoms with Crippen molar-refractivity contribution in [1.29, 1.82) is 0 Å². The number of carbonyl (C=O) groups is 10. The number of nitrogens with zero attached hydrogens (tertiary/aromatic N) is 1. The van der Waals surface area contributed by atoms with Gasteiger partial charge in [0.25, 0.3) is 0 Å². The average Bonchev–Trinajstić information content (AvgIpc) is 3.76. The Bertz CT molecular complexity index is 2460. The van der Waals surface area contributed by atoms with Crippen molar-refractivity contribution in [1.82, 2.24) is 52.8 Å². The van der Waals surface area contributed by atoms with Crippen molar-refractivity contribution in [3.05, 3.63) is 71.9 Å². The molecule has 0 spiro atoms. The van der Waals surface area contributed by atoms with Gasteiger partial charge in [0.2, 0.25) is 53.2 Å². The molecule has 1 aromatic heterocycles. The Hall–Kier alpha value is -8.25. The van der Waals surface area contributed by atoms with Gasteiger partial charge in [0.05, 0.1) is 0 Å². The molecule has 0 bridgehead atoms. The van der Waals surface area contributed by atoms with E-state index in [0.717, 1.165) is 10.9 Å². The summed E-state index contributed by atoms with van der Waals surface area (Å²) in [5.41, 5.74) is 24.2. The molecule has 3 aromatic rings. The lowest BCUT2D eigenvalue weighted by Crippen LogP contribution is -2.60. The fourth-order valence-corrected chi connectivity index (χ4v) is 8.17. The Morgan fingerprint density at radius 3 is 2.07 bits per heavy atom. The third kappa shape index (κ3) is 19.7. The summed E-state index contributed by atoms with van der Waals surface area (Å²) in [4.78, 5) is 143. The summed E-state index contributed by atoms with van der Waals surface area (Å²) in [5.74, 6) is -7.27. The number of hydrogen-bond donors (Lipinski definition) is 14. The fraction of sp³-hybridized carbons (Fsp3) is 0.490. The number of aliphatic imine (C=N–C) groups is 1. The first-order valence-corrected chi connectivity index (χ1v) is 24.7. The van der Waals surface area contributed by atoms with Crippen LogP contribution in [0.4, 0.5) is 4.79 Å². The van der Waals surface area contributed by atoms with Crippen LogP contribution in [0.15, 0.2) is 65.8 Å². The van der Waals surface area contributed by atoms with Gasteiger partial charge in [0.1, 0.15) is 42.3 Å². The first-order chi connectivity index (χ1) is 35.3. The third-order valence-corrected chi connectivity index (χ3v) is 12.1. The molecule has 1 saturated heterocycles. The zero-order valence-electron chi connectivity index (χ0n) is 41.8. The number of primary amides is 2. The quantitative estimate of drug-likeness (QED) is 0.0309. The van der Waals surface area contributed by atoms with Crippen LogP contribution >= 0.6 is 0 Å². The topological polar surface area (TPSA) is 411 Å². The second-order valence-corrected chi connectivity index (χ2v) is 18.0. The molecule has 25 heteroatoms. The molecule has 1 aliphatic heterocycles. The van der Waals surface area contributed by atoms with Crippen molar-refractivity contribution < 1.29 is 47.9 Å². The Morgan fingerprint density at radius 1 is 0.743 bits per heavy atom. The molecular formula is C49H71N15O10. The number of guanidine groups is 1. The van der Waals surface area contributed by atoms with Gasteiger partial charge in [-0.1, -0.05) is 68.3 Å². The van der Waals surface area contributed by atoms with Crippen LogP contribution in [0.25, 0.3) is 10.9 Å². The fourth-order valence-electron chi connectivity index (χ4n) is 8.17. The minimum Gasteiger partial charge on any atom is -0.370 e. The number of hydrogen-bond acceptors (Lipinski definition) is 11. The van der Waals surface area contributed by atoms with E-state index in [9.17, 15) is 47.9 Å². The predicted molar refractivity (Wildman–Crippen MR) is 274 cm³/mol. The number of H-pyrrole nitrogens is 1. The molecule has 0 aliphatic carbocycles. The molecule has 74 heavy (non-hydrogen) atoms. The van der Waals surface area contributed by atoms with E-state index in [0.29, 0.717) is 24.0 Å². The Morgan fingerprint density at radius 2 is 1.39 bits per heavy atom. The average molecular weight is 1030 g/mol. The van der Waals surface area contributed by atoms with E-state index in [4.69, 9.17) is 22.9 Å². The summed E-state index contributed by atoms with van der Waals surface area (Å²) < 4.78 is 0. The molecule has 0 radical (unpaired) electrons. The zero-order chi connectivity index (χ0) is 54.2. The standard InChI is InChI=1S/C49H71N15O10/c1-3-4-15-33(58-28(2)65)42(68)61-36-19-20-40(66)54-24-21-37(46(72)63-38(41(50)67)26-30-27-57-32-16-9-8-14-31(30)32)62-43(69)34(17-10-22-55-48(51)52)60-47(73)39(25-29-12-6-5-7-13-29)64-44(70)35(59-45(36)71)18-11-23-56-49(53)74/h5-9,12-14,16,27,33-39,57H,3-4,10-11,15,17-26H2,1-2H3,(H2,50,67)(H,54,66)(H,58,65)(H,59,71)(H,60,73)(H,61,68)(H,62,69)(H,63,72)(H,64,70)(H4,51,52,55)(H3,53,56,74)/t33-,34-,35-,36?,37?,38-,39+/m0/s1.